The van der Waals surface area contributed by atoms with Crippen LogP contribution in [-0.4, -0.2) is 24.9 Å². The van der Waals surface area contributed by atoms with E-state index in [4.69, 9.17) is 17.3 Å². The summed E-state index contributed by atoms with van der Waals surface area (Å²) in [6, 6.07) is 4.97. The normalized spacial score (nSPS) is 16.3. The Morgan fingerprint density at radius 2 is 1.96 bits per heavy atom. The molecule has 1 aromatic rings. The van der Waals surface area contributed by atoms with Gasteiger partial charge in [-0.05, 0) is 49.4 Å². The lowest BCUT2D eigenvalue weighted by Crippen LogP contribution is -2.36. The maximum absolute atomic E-state index is 12.4. The maximum Gasteiger partial charge on any atom is 0.252 e. The molecule has 2 amide bonds. The number of carbonyl (C=O) groups excluding carboxylic acids is 2. The molecule has 0 atom stereocenters. The minimum absolute atomic E-state index is 0.0494. The van der Waals surface area contributed by atoms with Crippen molar-refractivity contribution in [2.24, 2.45) is 11.1 Å². The number of benzene rings is 1. The van der Waals surface area contributed by atoms with Crippen LogP contribution < -0.4 is 16.4 Å². The van der Waals surface area contributed by atoms with E-state index in [1.807, 2.05) is 6.92 Å². The first-order chi connectivity index (χ1) is 12.0. The van der Waals surface area contributed by atoms with E-state index in [0.717, 1.165) is 32.1 Å². The summed E-state index contributed by atoms with van der Waals surface area (Å²) in [6.07, 6.45) is 6.80. The minimum atomic E-state index is -0.200. The van der Waals surface area contributed by atoms with E-state index in [1.54, 1.807) is 18.2 Å². The topological polar surface area (TPSA) is 84.2 Å². The van der Waals surface area contributed by atoms with Gasteiger partial charge in [0, 0.05) is 18.7 Å². The second-order valence-corrected chi connectivity index (χ2v) is 7.35. The SMILES string of the molecule is CCCNC(=O)c1ccc(NC(=O)CC2(CN)CCCCC2)cc1Cl. The van der Waals surface area contributed by atoms with Gasteiger partial charge in [-0.3, -0.25) is 9.59 Å². The van der Waals surface area contributed by atoms with Crippen LogP contribution in [0.3, 0.4) is 0 Å². The van der Waals surface area contributed by atoms with Gasteiger partial charge in [-0.25, -0.2) is 0 Å². The summed E-state index contributed by atoms with van der Waals surface area (Å²) in [4.78, 5) is 24.4. The van der Waals surface area contributed by atoms with Crippen molar-refractivity contribution in [2.45, 2.75) is 51.9 Å². The molecule has 6 heteroatoms. The Labute approximate surface area is 154 Å². The van der Waals surface area contributed by atoms with Gasteiger partial charge >= 0.3 is 0 Å². The first-order valence-corrected chi connectivity index (χ1v) is 9.45. The summed E-state index contributed by atoms with van der Waals surface area (Å²) in [5.41, 5.74) is 6.89. The van der Waals surface area contributed by atoms with Gasteiger partial charge in [0.1, 0.15) is 0 Å². The van der Waals surface area contributed by atoms with Gasteiger partial charge in [0.05, 0.1) is 10.6 Å². The summed E-state index contributed by atoms with van der Waals surface area (Å²) < 4.78 is 0. The first kappa shape index (κ1) is 19.7. The zero-order chi connectivity index (χ0) is 18.3. The van der Waals surface area contributed by atoms with Gasteiger partial charge in [-0.2, -0.15) is 0 Å². The molecule has 5 nitrogen and oxygen atoms in total. The monoisotopic (exact) mass is 365 g/mol. The molecule has 2 rings (SSSR count). The van der Waals surface area contributed by atoms with E-state index in [0.29, 0.717) is 35.8 Å². The van der Waals surface area contributed by atoms with Crippen molar-refractivity contribution in [2.75, 3.05) is 18.4 Å². The molecule has 1 aliphatic carbocycles. The zero-order valence-electron chi connectivity index (χ0n) is 14.9. The molecule has 1 saturated carbocycles. The van der Waals surface area contributed by atoms with E-state index >= 15 is 0 Å². The lowest BCUT2D eigenvalue weighted by Gasteiger charge is -2.35. The zero-order valence-corrected chi connectivity index (χ0v) is 15.6. The van der Waals surface area contributed by atoms with Crippen molar-refractivity contribution >= 4 is 29.1 Å². The Morgan fingerprint density at radius 3 is 2.56 bits per heavy atom. The van der Waals surface area contributed by atoms with Crippen LogP contribution in [0.25, 0.3) is 0 Å². The van der Waals surface area contributed by atoms with Gasteiger partial charge in [0.15, 0.2) is 0 Å². The largest absolute Gasteiger partial charge is 0.352 e. The molecule has 0 bridgehead atoms. The molecule has 0 unspecified atom stereocenters. The van der Waals surface area contributed by atoms with Crippen LogP contribution >= 0.6 is 11.6 Å². The highest BCUT2D eigenvalue weighted by Gasteiger charge is 2.33. The molecule has 1 fully saturated rings. The Morgan fingerprint density at radius 1 is 1.24 bits per heavy atom. The third-order valence-electron chi connectivity index (χ3n) is 4.92. The molecule has 0 heterocycles. The molecular weight excluding hydrogens is 338 g/mol. The third-order valence-corrected chi connectivity index (χ3v) is 5.23. The number of rotatable bonds is 7. The molecule has 0 aliphatic heterocycles. The Kier molecular flexibility index (Phi) is 7.26. The Hall–Kier alpha value is -1.59. The quantitative estimate of drug-likeness (QED) is 0.688. The van der Waals surface area contributed by atoms with Crippen LogP contribution in [-0.2, 0) is 4.79 Å². The van der Waals surface area contributed by atoms with Gasteiger partial charge in [0.25, 0.3) is 5.91 Å². The van der Waals surface area contributed by atoms with Crippen molar-refractivity contribution in [3.63, 3.8) is 0 Å². The summed E-state index contributed by atoms with van der Waals surface area (Å²) in [6.45, 7) is 3.13. The second kappa shape index (κ2) is 9.20. The number of halogens is 1. The number of hydrogen-bond acceptors (Lipinski definition) is 3. The van der Waals surface area contributed by atoms with Crippen LogP contribution in [0.5, 0.6) is 0 Å². The summed E-state index contributed by atoms with van der Waals surface area (Å²) in [5, 5.41) is 6.01. The highest BCUT2D eigenvalue weighted by molar-refractivity contribution is 6.34. The fourth-order valence-electron chi connectivity index (χ4n) is 3.41. The van der Waals surface area contributed by atoms with Gasteiger partial charge in [0.2, 0.25) is 5.91 Å². The molecule has 0 aromatic heterocycles. The lowest BCUT2D eigenvalue weighted by molar-refractivity contribution is -0.118. The fraction of sp³-hybridized carbons (Fsp3) is 0.579. The average molecular weight is 366 g/mol. The first-order valence-electron chi connectivity index (χ1n) is 9.07. The predicted molar refractivity (Wildman–Crippen MR) is 102 cm³/mol. The van der Waals surface area contributed by atoms with Crippen LogP contribution in [0.2, 0.25) is 5.02 Å². The van der Waals surface area contributed by atoms with E-state index in [9.17, 15) is 9.59 Å². The van der Waals surface area contributed by atoms with Crippen LogP contribution in [0.15, 0.2) is 18.2 Å². The smallest absolute Gasteiger partial charge is 0.252 e. The molecule has 1 aromatic carbocycles. The van der Waals surface area contributed by atoms with E-state index in [-0.39, 0.29) is 17.2 Å². The summed E-state index contributed by atoms with van der Waals surface area (Å²) >= 11 is 6.20. The van der Waals surface area contributed by atoms with E-state index in [2.05, 4.69) is 10.6 Å². The van der Waals surface area contributed by atoms with Crippen LogP contribution in [0.4, 0.5) is 5.69 Å². The molecule has 0 saturated heterocycles. The van der Waals surface area contributed by atoms with Crippen molar-refractivity contribution in [3.05, 3.63) is 28.8 Å². The number of nitrogens with one attached hydrogen (secondary N) is 2. The summed E-state index contributed by atoms with van der Waals surface area (Å²) in [7, 11) is 0. The lowest BCUT2D eigenvalue weighted by atomic mass is 9.71. The minimum Gasteiger partial charge on any atom is -0.352 e. The van der Waals surface area contributed by atoms with Crippen molar-refractivity contribution in [1.82, 2.24) is 5.32 Å². The number of amides is 2. The average Bonchev–Trinajstić information content (AvgIpc) is 2.60. The Balaban J connectivity index is 1.99. The number of hydrogen-bond donors (Lipinski definition) is 3. The molecule has 25 heavy (non-hydrogen) atoms. The number of anilines is 1. The van der Waals surface area contributed by atoms with Crippen molar-refractivity contribution < 1.29 is 9.59 Å². The molecule has 1 aliphatic rings. The highest BCUT2D eigenvalue weighted by atomic mass is 35.5. The second-order valence-electron chi connectivity index (χ2n) is 6.94. The summed E-state index contributed by atoms with van der Waals surface area (Å²) in [5.74, 6) is -0.249. The molecular formula is C19H28ClN3O2. The fourth-order valence-corrected chi connectivity index (χ4v) is 3.68. The standard InChI is InChI=1S/C19H28ClN3O2/c1-2-10-22-18(25)15-7-6-14(11-16(15)20)23-17(24)12-19(13-21)8-4-3-5-9-19/h6-7,11H,2-5,8-10,12-13,21H2,1H3,(H,22,25)(H,23,24). The van der Waals surface area contributed by atoms with Crippen molar-refractivity contribution in [1.29, 1.82) is 0 Å². The van der Waals surface area contributed by atoms with E-state index in [1.165, 1.54) is 6.42 Å². The van der Waals surface area contributed by atoms with Gasteiger partial charge < -0.3 is 16.4 Å². The Bertz CT molecular complexity index is 613. The van der Waals surface area contributed by atoms with Gasteiger partial charge in [-0.1, -0.05) is 37.8 Å². The van der Waals surface area contributed by atoms with Crippen molar-refractivity contribution in [3.8, 4) is 0 Å². The number of nitrogens with two attached hydrogens (primary N) is 1. The van der Waals surface area contributed by atoms with E-state index < -0.39 is 0 Å². The predicted octanol–water partition coefficient (Wildman–Crippen LogP) is 3.72. The maximum atomic E-state index is 12.4. The van der Waals surface area contributed by atoms with Crippen LogP contribution in [0.1, 0.15) is 62.2 Å². The molecule has 0 radical (unpaired) electrons. The molecule has 138 valence electrons. The van der Waals surface area contributed by atoms with Gasteiger partial charge in [-0.15, -0.1) is 0 Å². The molecule has 4 N–H and O–H groups in total. The highest BCUT2D eigenvalue weighted by Crippen LogP contribution is 2.38. The molecule has 0 spiro atoms. The third kappa shape index (κ3) is 5.44. The van der Waals surface area contributed by atoms with Crippen LogP contribution in [0, 0.1) is 5.41 Å². The number of carbonyl (C=O) groups is 2.